The van der Waals surface area contributed by atoms with Crippen LogP contribution in [0.1, 0.15) is 12.8 Å². The number of hydrogen-bond acceptors (Lipinski definition) is 3. The fourth-order valence-corrected chi connectivity index (χ4v) is 1.54. The average Bonchev–Trinajstić information content (AvgIpc) is 2.33. The van der Waals surface area contributed by atoms with Gasteiger partial charge in [0.2, 0.25) is 0 Å². The van der Waals surface area contributed by atoms with E-state index in [-0.39, 0.29) is 6.42 Å². The molecule has 3 unspecified atom stereocenters. The standard InChI is InChI=1S/C7H12F4O3S.C3H7N/c8-3-1-2-5(9)7(11)6(10)4-15(12,13)14;1-2-3-4/h5-7H,1-4H2,(H,12,13,14);2H,1,3-4H2. The zero-order chi connectivity index (χ0) is 15.5. The van der Waals surface area contributed by atoms with Crippen LogP contribution in [0.3, 0.4) is 0 Å². The van der Waals surface area contributed by atoms with Gasteiger partial charge in [-0.3, -0.25) is 8.94 Å². The Hall–Kier alpha value is -0.670. The maximum atomic E-state index is 12.8. The van der Waals surface area contributed by atoms with Gasteiger partial charge in [-0.25, -0.2) is 13.2 Å². The molecule has 0 aliphatic carbocycles. The van der Waals surface area contributed by atoms with Crippen molar-refractivity contribution in [2.24, 2.45) is 5.73 Å². The molecule has 0 spiro atoms. The molecule has 0 aliphatic heterocycles. The molecule has 3 N–H and O–H groups in total. The van der Waals surface area contributed by atoms with Crippen LogP contribution < -0.4 is 5.73 Å². The van der Waals surface area contributed by atoms with Gasteiger partial charge in [-0.1, -0.05) is 6.08 Å². The summed E-state index contributed by atoms with van der Waals surface area (Å²) in [6.07, 6.45) is -6.71. The summed E-state index contributed by atoms with van der Waals surface area (Å²) in [5.74, 6) is -1.50. The van der Waals surface area contributed by atoms with Gasteiger partial charge < -0.3 is 5.73 Å². The first-order valence-electron chi connectivity index (χ1n) is 5.43. The van der Waals surface area contributed by atoms with E-state index in [4.69, 9.17) is 10.3 Å². The minimum Gasteiger partial charge on any atom is -0.327 e. The Balaban J connectivity index is 0. The molecule has 0 aliphatic rings. The van der Waals surface area contributed by atoms with Gasteiger partial charge in [0, 0.05) is 6.54 Å². The van der Waals surface area contributed by atoms with E-state index in [2.05, 4.69) is 6.58 Å². The Morgan fingerprint density at radius 3 is 2.05 bits per heavy atom. The van der Waals surface area contributed by atoms with E-state index in [9.17, 15) is 26.0 Å². The van der Waals surface area contributed by atoms with Crippen molar-refractivity contribution < 1.29 is 30.5 Å². The summed E-state index contributed by atoms with van der Waals surface area (Å²) < 4.78 is 78.3. The van der Waals surface area contributed by atoms with E-state index in [1.807, 2.05) is 0 Å². The maximum absolute atomic E-state index is 12.8. The summed E-state index contributed by atoms with van der Waals surface area (Å²) in [7, 11) is -4.68. The van der Waals surface area contributed by atoms with Crippen LogP contribution in [0, 0.1) is 0 Å². The van der Waals surface area contributed by atoms with Gasteiger partial charge in [0.1, 0.15) is 11.9 Å². The molecule has 0 heterocycles. The number of rotatable bonds is 8. The highest BCUT2D eigenvalue weighted by Crippen LogP contribution is 2.17. The first-order valence-corrected chi connectivity index (χ1v) is 7.04. The first kappa shape index (κ1) is 20.6. The van der Waals surface area contributed by atoms with Crippen molar-refractivity contribution in [3.8, 4) is 0 Å². The van der Waals surface area contributed by atoms with Crippen molar-refractivity contribution in [2.45, 2.75) is 31.4 Å². The lowest BCUT2D eigenvalue weighted by molar-refractivity contribution is 0.0846. The molecule has 9 heteroatoms. The average molecular weight is 309 g/mol. The van der Waals surface area contributed by atoms with Crippen molar-refractivity contribution in [3.63, 3.8) is 0 Å². The van der Waals surface area contributed by atoms with Gasteiger partial charge in [-0.2, -0.15) is 8.42 Å². The van der Waals surface area contributed by atoms with Crippen molar-refractivity contribution >= 4 is 10.1 Å². The first-order chi connectivity index (χ1) is 8.69. The second kappa shape index (κ2) is 11.2. The smallest absolute Gasteiger partial charge is 0.267 e. The molecular formula is C10H19F4NO3S. The van der Waals surface area contributed by atoms with Crippen LogP contribution in [0.5, 0.6) is 0 Å². The Labute approximate surface area is 110 Å². The lowest BCUT2D eigenvalue weighted by Gasteiger charge is -2.15. The molecular weight excluding hydrogens is 290 g/mol. The summed E-state index contributed by atoms with van der Waals surface area (Å²) in [6, 6.07) is 0. The van der Waals surface area contributed by atoms with Crippen LogP contribution in [0.2, 0.25) is 0 Å². The lowest BCUT2D eigenvalue weighted by atomic mass is 10.1. The lowest BCUT2D eigenvalue weighted by Crippen LogP contribution is -2.33. The molecule has 3 atom stereocenters. The summed E-state index contributed by atoms with van der Waals surface area (Å²) in [5.41, 5.74) is 4.91. The van der Waals surface area contributed by atoms with Gasteiger partial charge >= 0.3 is 0 Å². The molecule has 0 aromatic heterocycles. The number of hydrogen-bond donors (Lipinski definition) is 2. The quantitative estimate of drug-likeness (QED) is 0.407. The second-order valence-corrected chi connectivity index (χ2v) is 5.08. The summed E-state index contributed by atoms with van der Waals surface area (Å²) >= 11 is 0. The van der Waals surface area contributed by atoms with E-state index in [1.54, 1.807) is 6.08 Å². The van der Waals surface area contributed by atoms with Crippen molar-refractivity contribution in [3.05, 3.63) is 12.7 Å². The second-order valence-electron chi connectivity index (χ2n) is 3.58. The van der Waals surface area contributed by atoms with E-state index >= 15 is 0 Å². The third-order valence-corrected chi connectivity index (χ3v) is 2.58. The number of alkyl halides is 4. The van der Waals surface area contributed by atoms with Crippen LogP contribution >= 0.6 is 0 Å². The topological polar surface area (TPSA) is 80.4 Å². The van der Waals surface area contributed by atoms with Crippen LogP contribution in [0.4, 0.5) is 17.6 Å². The van der Waals surface area contributed by atoms with Crippen molar-refractivity contribution in [1.29, 1.82) is 0 Å². The van der Waals surface area contributed by atoms with Crippen molar-refractivity contribution in [1.82, 2.24) is 0 Å². The highest BCUT2D eigenvalue weighted by molar-refractivity contribution is 7.85. The highest BCUT2D eigenvalue weighted by Gasteiger charge is 2.32. The molecule has 0 saturated heterocycles. The molecule has 0 aromatic rings. The van der Waals surface area contributed by atoms with Gasteiger partial charge in [-0.15, -0.1) is 6.58 Å². The Bertz CT molecular complexity index is 327. The van der Waals surface area contributed by atoms with Crippen LogP contribution in [-0.4, -0.2) is 50.5 Å². The molecule has 4 nitrogen and oxygen atoms in total. The summed E-state index contributed by atoms with van der Waals surface area (Å²) in [6.45, 7) is 3.08. The van der Waals surface area contributed by atoms with E-state index < -0.39 is 47.5 Å². The molecule has 0 rings (SSSR count). The normalized spacial score (nSPS) is 15.9. The fraction of sp³-hybridized carbons (Fsp3) is 0.800. The Morgan fingerprint density at radius 1 is 1.26 bits per heavy atom. The van der Waals surface area contributed by atoms with Crippen LogP contribution in [0.15, 0.2) is 12.7 Å². The molecule has 0 radical (unpaired) electrons. The SMILES string of the molecule is C=CCN.O=S(=O)(O)CC(F)C(F)C(F)CCCF. The van der Waals surface area contributed by atoms with Crippen LogP contribution in [-0.2, 0) is 10.1 Å². The molecule has 0 amide bonds. The predicted octanol–water partition coefficient (Wildman–Crippen LogP) is 1.77. The fourth-order valence-electron chi connectivity index (χ4n) is 0.951. The molecule has 0 bridgehead atoms. The van der Waals surface area contributed by atoms with Gasteiger partial charge in [-0.05, 0) is 12.8 Å². The van der Waals surface area contributed by atoms with E-state index in [1.165, 1.54) is 0 Å². The minimum absolute atomic E-state index is 0.264. The van der Waals surface area contributed by atoms with E-state index in [0.717, 1.165) is 0 Å². The zero-order valence-corrected chi connectivity index (χ0v) is 11.1. The maximum Gasteiger partial charge on any atom is 0.267 e. The number of nitrogens with two attached hydrogens (primary N) is 1. The van der Waals surface area contributed by atoms with Gasteiger partial charge in [0.15, 0.2) is 12.3 Å². The largest absolute Gasteiger partial charge is 0.327 e. The Kier molecular flexibility index (Phi) is 12.1. The highest BCUT2D eigenvalue weighted by atomic mass is 32.2. The van der Waals surface area contributed by atoms with Gasteiger partial charge in [0.05, 0.1) is 6.67 Å². The van der Waals surface area contributed by atoms with E-state index in [0.29, 0.717) is 6.54 Å². The Morgan fingerprint density at radius 2 is 1.74 bits per heavy atom. The van der Waals surface area contributed by atoms with Gasteiger partial charge in [0.25, 0.3) is 10.1 Å². The predicted molar refractivity (Wildman–Crippen MR) is 65.6 cm³/mol. The molecule has 0 fully saturated rings. The summed E-state index contributed by atoms with van der Waals surface area (Å²) in [4.78, 5) is 0. The third kappa shape index (κ3) is 13.6. The molecule has 0 aromatic carbocycles. The molecule has 0 saturated carbocycles. The zero-order valence-electron chi connectivity index (χ0n) is 10.3. The number of halogens is 4. The summed E-state index contributed by atoms with van der Waals surface area (Å²) in [5, 5.41) is 0. The molecule has 19 heavy (non-hydrogen) atoms. The monoisotopic (exact) mass is 309 g/mol. The van der Waals surface area contributed by atoms with Crippen molar-refractivity contribution in [2.75, 3.05) is 19.0 Å². The third-order valence-electron chi connectivity index (χ3n) is 1.84. The minimum atomic E-state index is -4.68. The van der Waals surface area contributed by atoms with Crippen LogP contribution in [0.25, 0.3) is 0 Å². The molecule has 116 valence electrons.